The van der Waals surface area contributed by atoms with E-state index < -0.39 is 34.7 Å². The van der Waals surface area contributed by atoms with Gasteiger partial charge in [-0.25, -0.2) is 14.4 Å². The molecular weight excluding hydrogens is 588 g/mol. The number of rotatable bonds is 28. The fraction of sp³-hybridized carbons (Fsp3) is 0.606. The van der Waals surface area contributed by atoms with E-state index in [1.807, 2.05) is 0 Å². The number of hydrogen-bond acceptors (Lipinski definition) is 12. The van der Waals surface area contributed by atoms with Crippen molar-refractivity contribution in [3.05, 3.63) is 50.6 Å². The highest BCUT2D eigenvalue weighted by Crippen LogP contribution is 2.25. The minimum atomic E-state index is -1.10. The number of allylic oxidation sites excluding steroid dienone is 1. The molecular formula is C33H50O12. The van der Waals surface area contributed by atoms with Gasteiger partial charge < -0.3 is 33.2 Å². The molecule has 0 N–H and O–H groups in total. The van der Waals surface area contributed by atoms with E-state index in [1.54, 1.807) is 6.08 Å². The second kappa shape index (κ2) is 24.5. The highest BCUT2D eigenvalue weighted by atomic mass is 16.6. The zero-order chi connectivity index (χ0) is 34.0. The van der Waals surface area contributed by atoms with Crippen molar-refractivity contribution in [1.29, 1.82) is 0 Å². The van der Waals surface area contributed by atoms with Crippen LogP contribution in [0.5, 0.6) is 0 Å². The zero-order valence-corrected chi connectivity index (χ0v) is 26.9. The normalized spacial score (nSPS) is 12.1. The molecule has 254 valence electrons. The van der Waals surface area contributed by atoms with Crippen LogP contribution in [-0.4, -0.2) is 90.3 Å². The molecule has 0 aliphatic heterocycles. The Morgan fingerprint density at radius 1 is 0.489 bits per heavy atom. The first kappa shape index (κ1) is 41.2. The molecule has 0 rings (SSSR count). The van der Waals surface area contributed by atoms with E-state index >= 15 is 0 Å². The van der Waals surface area contributed by atoms with Crippen LogP contribution in [0.25, 0.3) is 0 Å². The lowest BCUT2D eigenvalue weighted by atomic mass is 9.87. The van der Waals surface area contributed by atoms with Gasteiger partial charge in [-0.3, -0.25) is 9.59 Å². The van der Waals surface area contributed by atoms with E-state index in [9.17, 15) is 24.0 Å². The second-order valence-electron chi connectivity index (χ2n) is 10.7. The monoisotopic (exact) mass is 638 g/mol. The van der Waals surface area contributed by atoms with Crippen molar-refractivity contribution >= 4 is 29.8 Å². The fourth-order valence-corrected chi connectivity index (χ4v) is 4.18. The molecule has 0 saturated heterocycles. The van der Waals surface area contributed by atoms with Crippen LogP contribution in [0.2, 0.25) is 0 Å². The van der Waals surface area contributed by atoms with Crippen LogP contribution >= 0.6 is 0 Å². The van der Waals surface area contributed by atoms with Gasteiger partial charge in [0.25, 0.3) is 0 Å². The summed E-state index contributed by atoms with van der Waals surface area (Å²) in [7, 11) is 2.94. The van der Waals surface area contributed by atoms with Crippen molar-refractivity contribution in [2.24, 2.45) is 10.8 Å². The molecule has 0 aliphatic rings. The first-order valence-electron chi connectivity index (χ1n) is 14.8. The molecule has 0 radical (unpaired) electrons. The molecule has 1 unspecified atom stereocenters. The second-order valence-corrected chi connectivity index (χ2v) is 10.7. The van der Waals surface area contributed by atoms with Crippen LogP contribution in [-0.2, 0) is 57.1 Å². The molecule has 0 bridgehead atoms. The summed E-state index contributed by atoms with van der Waals surface area (Å²) < 4.78 is 36.8. The molecule has 0 spiro atoms. The quantitative estimate of drug-likeness (QED) is 0.0397. The molecule has 0 fully saturated rings. The first-order valence-corrected chi connectivity index (χ1v) is 14.8. The molecule has 12 nitrogen and oxygen atoms in total. The fourth-order valence-electron chi connectivity index (χ4n) is 4.18. The number of ether oxygens (including phenoxy) is 7. The Labute approximate surface area is 266 Å². The largest absolute Gasteiger partial charge is 0.465 e. The van der Waals surface area contributed by atoms with Crippen LogP contribution < -0.4 is 0 Å². The molecule has 0 heterocycles. The molecule has 0 amide bonds. The van der Waals surface area contributed by atoms with E-state index in [1.165, 1.54) is 14.2 Å². The first-order chi connectivity index (χ1) is 21.5. The average molecular weight is 639 g/mol. The van der Waals surface area contributed by atoms with Crippen molar-refractivity contribution in [2.75, 3.05) is 60.5 Å². The third-order valence-electron chi connectivity index (χ3n) is 6.63. The minimum Gasteiger partial charge on any atom is -0.465 e. The summed E-state index contributed by atoms with van der Waals surface area (Å²) >= 11 is 0. The van der Waals surface area contributed by atoms with E-state index in [2.05, 4.69) is 26.3 Å². The zero-order valence-electron chi connectivity index (χ0n) is 26.9. The molecule has 0 saturated carbocycles. The van der Waals surface area contributed by atoms with Crippen molar-refractivity contribution in [2.45, 2.75) is 57.8 Å². The topological polar surface area (TPSA) is 150 Å². The molecule has 0 aromatic heterocycles. The Hall–Kier alpha value is -3.77. The lowest BCUT2D eigenvalue weighted by Gasteiger charge is -2.31. The summed E-state index contributed by atoms with van der Waals surface area (Å²) in [5.41, 5.74) is -1.83. The summed E-state index contributed by atoms with van der Waals surface area (Å²) in [6.45, 7) is 13.4. The van der Waals surface area contributed by atoms with Gasteiger partial charge >= 0.3 is 29.8 Å². The van der Waals surface area contributed by atoms with Crippen LogP contribution in [0.4, 0.5) is 0 Å². The van der Waals surface area contributed by atoms with Crippen LogP contribution in [0.3, 0.4) is 0 Å². The maximum absolute atomic E-state index is 12.4. The Bertz CT molecular complexity index is 949. The SMILES string of the molecule is C=CCC(COC)(COC(=O)C=C)COC(=O)CCCCCCCCC(=O)OCC(COC)(COC(=O)C=C)COC(=O)C=C. The summed E-state index contributed by atoms with van der Waals surface area (Å²) in [6.07, 6.45) is 10.2. The predicted molar refractivity (Wildman–Crippen MR) is 166 cm³/mol. The van der Waals surface area contributed by atoms with E-state index in [4.69, 9.17) is 33.2 Å². The van der Waals surface area contributed by atoms with Crippen LogP contribution in [0.1, 0.15) is 57.8 Å². The lowest BCUT2D eigenvalue weighted by Crippen LogP contribution is -2.43. The number of carbonyl (C=O) groups is 5. The van der Waals surface area contributed by atoms with Crippen LogP contribution in [0.15, 0.2) is 50.6 Å². The number of carbonyl (C=O) groups excluding carboxylic acids is 5. The maximum Gasteiger partial charge on any atom is 0.330 e. The Kier molecular flexibility index (Phi) is 22.5. The van der Waals surface area contributed by atoms with Gasteiger partial charge in [0.05, 0.1) is 24.0 Å². The number of methoxy groups -OCH3 is 2. The highest BCUT2D eigenvalue weighted by molar-refractivity contribution is 5.82. The van der Waals surface area contributed by atoms with Gasteiger partial charge in [-0.1, -0.05) is 51.5 Å². The minimum absolute atomic E-state index is 0.00286. The third-order valence-corrected chi connectivity index (χ3v) is 6.63. The number of esters is 5. The molecule has 45 heavy (non-hydrogen) atoms. The van der Waals surface area contributed by atoms with Gasteiger partial charge in [0, 0.05) is 45.3 Å². The van der Waals surface area contributed by atoms with Gasteiger partial charge in [-0.15, -0.1) is 6.58 Å². The standard InChI is InChI=1S/C33H50O12/c1-7-19-32(20-39-5,22-41-27(34)8-2)23-44-30(37)17-15-13-11-12-14-16-18-31(38)45-26-33(21-40-6,24-42-28(35)9-3)25-43-29(36)10-4/h7-10H,1-4,11-26H2,5-6H3. The third kappa shape index (κ3) is 19.3. The molecule has 12 heteroatoms. The molecule has 0 aromatic carbocycles. The summed E-state index contributed by atoms with van der Waals surface area (Å²) in [4.78, 5) is 59.4. The van der Waals surface area contributed by atoms with Gasteiger partial charge in [-0.2, -0.15) is 0 Å². The van der Waals surface area contributed by atoms with Crippen molar-refractivity contribution in [3.63, 3.8) is 0 Å². The van der Waals surface area contributed by atoms with E-state index in [0.717, 1.165) is 43.9 Å². The molecule has 1 atom stereocenters. The Balaban J connectivity index is 4.49. The average Bonchev–Trinajstić information content (AvgIpc) is 3.04. The van der Waals surface area contributed by atoms with Gasteiger partial charge in [0.2, 0.25) is 0 Å². The lowest BCUT2D eigenvalue weighted by molar-refractivity contribution is -0.163. The number of hydrogen-bond donors (Lipinski definition) is 0. The van der Waals surface area contributed by atoms with E-state index in [-0.39, 0.29) is 65.1 Å². The summed E-state index contributed by atoms with van der Waals surface area (Å²) in [5.74, 6) is -2.71. The highest BCUT2D eigenvalue weighted by Gasteiger charge is 2.36. The van der Waals surface area contributed by atoms with Gasteiger partial charge in [-0.05, 0) is 19.3 Å². The van der Waals surface area contributed by atoms with Crippen molar-refractivity contribution in [1.82, 2.24) is 0 Å². The van der Waals surface area contributed by atoms with Gasteiger partial charge in [0.1, 0.15) is 33.0 Å². The molecule has 0 aliphatic carbocycles. The van der Waals surface area contributed by atoms with Crippen LogP contribution in [0, 0.1) is 10.8 Å². The maximum atomic E-state index is 12.4. The predicted octanol–water partition coefficient (Wildman–Crippen LogP) is 4.22. The summed E-state index contributed by atoms with van der Waals surface area (Å²) in [6, 6.07) is 0. The van der Waals surface area contributed by atoms with Crippen molar-refractivity contribution in [3.8, 4) is 0 Å². The smallest absolute Gasteiger partial charge is 0.330 e. The Morgan fingerprint density at radius 3 is 1.20 bits per heavy atom. The van der Waals surface area contributed by atoms with Crippen molar-refractivity contribution < 1.29 is 57.1 Å². The Morgan fingerprint density at radius 2 is 0.822 bits per heavy atom. The molecule has 0 aromatic rings. The summed E-state index contributed by atoms with van der Waals surface area (Å²) in [5, 5.41) is 0. The van der Waals surface area contributed by atoms with Gasteiger partial charge in [0.15, 0.2) is 0 Å². The van der Waals surface area contributed by atoms with E-state index in [0.29, 0.717) is 19.3 Å². The number of unbranched alkanes of at least 4 members (excludes halogenated alkanes) is 5.